The lowest BCUT2D eigenvalue weighted by Crippen LogP contribution is -2.27. The van der Waals surface area contributed by atoms with Gasteiger partial charge >= 0.3 is 0 Å². The number of aromatic nitrogens is 2. The molecule has 0 unspecified atom stereocenters. The first-order chi connectivity index (χ1) is 13.5. The molecule has 6 heteroatoms. The molecule has 5 nitrogen and oxygen atoms in total. The van der Waals surface area contributed by atoms with Gasteiger partial charge in [0.2, 0.25) is 10.0 Å². The first kappa shape index (κ1) is 18.4. The third kappa shape index (κ3) is 3.69. The lowest BCUT2D eigenvalue weighted by Gasteiger charge is -2.11. The Kier molecular flexibility index (Phi) is 4.98. The average Bonchev–Trinajstić information content (AvgIpc) is 3.07. The quantitative estimate of drug-likeness (QED) is 0.540. The van der Waals surface area contributed by atoms with Gasteiger partial charge < -0.3 is 4.57 Å². The van der Waals surface area contributed by atoms with Gasteiger partial charge in [-0.25, -0.2) is 18.1 Å². The zero-order valence-corrected chi connectivity index (χ0v) is 16.4. The SMILES string of the molecule is Cc1cccc(S(=O)(=O)NCCn2c(-c3ccccc3)nc3ccccc32)c1. The van der Waals surface area contributed by atoms with E-state index in [1.807, 2.05) is 67.6 Å². The van der Waals surface area contributed by atoms with Gasteiger partial charge in [-0.05, 0) is 36.8 Å². The van der Waals surface area contributed by atoms with E-state index < -0.39 is 10.0 Å². The minimum atomic E-state index is -3.55. The molecule has 0 fully saturated rings. The van der Waals surface area contributed by atoms with Gasteiger partial charge in [0.1, 0.15) is 5.82 Å². The summed E-state index contributed by atoms with van der Waals surface area (Å²) in [6.07, 6.45) is 0. The van der Waals surface area contributed by atoms with Crippen molar-refractivity contribution >= 4 is 21.1 Å². The molecule has 0 aliphatic heterocycles. The van der Waals surface area contributed by atoms with Gasteiger partial charge in [-0.15, -0.1) is 0 Å². The Balaban J connectivity index is 1.61. The van der Waals surface area contributed by atoms with E-state index >= 15 is 0 Å². The lowest BCUT2D eigenvalue weighted by molar-refractivity contribution is 0.574. The Bertz CT molecular complexity index is 1220. The van der Waals surface area contributed by atoms with E-state index in [4.69, 9.17) is 4.98 Å². The zero-order chi connectivity index (χ0) is 19.6. The standard InChI is InChI=1S/C22H21N3O2S/c1-17-8-7-11-19(16-17)28(26,27)23-14-15-25-21-13-6-5-12-20(21)24-22(25)18-9-3-2-4-10-18/h2-13,16,23H,14-15H2,1H3. The summed E-state index contributed by atoms with van der Waals surface area (Å²) in [7, 11) is -3.55. The third-order valence-electron chi connectivity index (χ3n) is 4.61. The summed E-state index contributed by atoms with van der Waals surface area (Å²) < 4.78 is 30.0. The van der Waals surface area contributed by atoms with Crippen molar-refractivity contribution in [3.63, 3.8) is 0 Å². The van der Waals surface area contributed by atoms with Crippen molar-refractivity contribution in [2.75, 3.05) is 6.54 Å². The fraction of sp³-hybridized carbons (Fsp3) is 0.136. The first-order valence-corrected chi connectivity index (χ1v) is 10.6. The van der Waals surface area contributed by atoms with Crippen LogP contribution in [0, 0.1) is 6.92 Å². The van der Waals surface area contributed by atoms with Crippen LogP contribution >= 0.6 is 0 Å². The molecule has 0 aliphatic rings. The van der Waals surface area contributed by atoms with E-state index in [0.29, 0.717) is 6.54 Å². The van der Waals surface area contributed by atoms with E-state index in [2.05, 4.69) is 9.29 Å². The molecule has 0 bridgehead atoms. The maximum Gasteiger partial charge on any atom is 0.240 e. The molecule has 0 aliphatic carbocycles. The Morgan fingerprint density at radius 3 is 2.46 bits per heavy atom. The third-order valence-corrected chi connectivity index (χ3v) is 6.07. The van der Waals surface area contributed by atoms with E-state index in [0.717, 1.165) is 28.0 Å². The second-order valence-corrected chi connectivity index (χ2v) is 8.42. The summed E-state index contributed by atoms with van der Waals surface area (Å²) >= 11 is 0. The number of para-hydroxylation sites is 2. The number of sulfonamides is 1. The molecule has 1 aromatic heterocycles. The van der Waals surface area contributed by atoms with Crippen LogP contribution in [-0.2, 0) is 16.6 Å². The highest BCUT2D eigenvalue weighted by molar-refractivity contribution is 7.89. The number of benzene rings is 3. The van der Waals surface area contributed by atoms with Gasteiger partial charge in [0.15, 0.2) is 0 Å². The summed E-state index contributed by atoms with van der Waals surface area (Å²) in [5, 5.41) is 0. The summed E-state index contributed by atoms with van der Waals surface area (Å²) in [4.78, 5) is 5.04. The molecule has 0 atom stereocenters. The average molecular weight is 391 g/mol. The maximum atomic E-state index is 12.6. The van der Waals surface area contributed by atoms with Gasteiger partial charge in [0, 0.05) is 18.7 Å². The fourth-order valence-corrected chi connectivity index (χ4v) is 4.39. The van der Waals surface area contributed by atoms with Crippen LogP contribution in [0.4, 0.5) is 0 Å². The topological polar surface area (TPSA) is 64.0 Å². The van der Waals surface area contributed by atoms with Crippen LogP contribution in [0.3, 0.4) is 0 Å². The largest absolute Gasteiger partial charge is 0.323 e. The van der Waals surface area contributed by atoms with Crippen LogP contribution in [0.25, 0.3) is 22.4 Å². The molecule has 0 amide bonds. The summed E-state index contributed by atoms with van der Waals surface area (Å²) in [5.74, 6) is 0.830. The second kappa shape index (κ2) is 7.58. The Morgan fingerprint density at radius 2 is 1.68 bits per heavy atom. The summed E-state index contributed by atoms with van der Waals surface area (Å²) in [6.45, 7) is 2.63. The molecular formula is C22H21N3O2S. The number of aryl methyl sites for hydroxylation is 1. The normalized spacial score (nSPS) is 11.8. The van der Waals surface area contributed by atoms with Gasteiger partial charge in [-0.3, -0.25) is 0 Å². The number of hydrogen-bond acceptors (Lipinski definition) is 3. The minimum Gasteiger partial charge on any atom is -0.323 e. The van der Waals surface area contributed by atoms with Crippen molar-refractivity contribution in [3.05, 3.63) is 84.4 Å². The van der Waals surface area contributed by atoms with Gasteiger partial charge in [-0.2, -0.15) is 0 Å². The van der Waals surface area contributed by atoms with Crippen molar-refractivity contribution < 1.29 is 8.42 Å². The van der Waals surface area contributed by atoms with Crippen LogP contribution in [0.5, 0.6) is 0 Å². The molecule has 1 heterocycles. The fourth-order valence-electron chi connectivity index (χ4n) is 3.27. The van der Waals surface area contributed by atoms with Crippen molar-refractivity contribution in [1.82, 2.24) is 14.3 Å². The highest BCUT2D eigenvalue weighted by atomic mass is 32.2. The highest BCUT2D eigenvalue weighted by Gasteiger charge is 2.16. The molecule has 4 aromatic rings. The molecule has 0 saturated heterocycles. The zero-order valence-electron chi connectivity index (χ0n) is 15.5. The molecule has 0 radical (unpaired) electrons. The Morgan fingerprint density at radius 1 is 0.929 bits per heavy atom. The maximum absolute atomic E-state index is 12.6. The molecular weight excluding hydrogens is 370 g/mol. The predicted octanol–water partition coefficient (Wildman–Crippen LogP) is 3.99. The van der Waals surface area contributed by atoms with E-state index in [9.17, 15) is 8.42 Å². The van der Waals surface area contributed by atoms with Crippen LogP contribution in [0.2, 0.25) is 0 Å². The summed E-state index contributed by atoms with van der Waals surface area (Å²) in [6, 6.07) is 24.7. The van der Waals surface area contributed by atoms with Crippen LogP contribution in [-0.4, -0.2) is 24.5 Å². The Labute approximate surface area is 164 Å². The van der Waals surface area contributed by atoms with Crippen LogP contribution < -0.4 is 4.72 Å². The molecule has 0 saturated carbocycles. The number of hydrogen-bond donors (Lipinski definition) is 1. The van der Waals surface area contributed by atoms with Crippen molar-refractivity contribution in [1.29, 1.82) is 0 Å². The molecule has 1 N–H and O–H groups in total. The highest BCUT2D eigenvalue weighted by Crippen LogP contribution is 2.24. The monoisotopic (exact) mass is 391 g/mol. The molecule has 28 heavy (non-hydrogen) atoms. The van der Waals surface area contributed by atoms with Crippen LogP contribution in [0.1, 0.15) is 5.56 Å². The van der Waals surface area contributed by atoms with Gasteiger partial charge in [0.05, 0.1) is 15.9 Å². The number of fused-ring (bicyclic) bond motifs is 1. The van der Waals surface area contributed by atoms with E-state index in [1.54, 1.807) is 18.2 Å². The molecule has 142 valence electrons. The number of nitrogens with one attached hydrogen (secondary N) is 1. The van der Waals surface area contributed by atoms with Gasteiger partial charge in [0.25, 0.3) is 0 Å². The van der Waals surface area contributed by atoms with Crippen molar-refractivity contribution in [3.8, 4) is 11.4 Å². The second-order valence-electron chi connectivity index (χ2n) is 6.66. The van der Waals surface area contributed by atoms with Crippen LogP contribution in [0.15, 0.2) is 83.8 Å². The van der Waals surface area contributed by atoms with Gasteiger partial charge in [-0.1, -0.05) is 54.6 Å². The van der Waals surface area contributed by atoms with E-state index in [1.165, 1.54) is 0 Å². The van der Waals surface area contributed by atoms with Crippen molar-refractivity contribution in [2.24, 2.45) is 0 Å². The first-order valence-electron chi connectivity index (χ1n) is 9.12. The summed E-state index contributed by atoms with van der Waals surface area (Å²) in [5.41, 5.74) is 3.79. The molecule has 4 rings (SSSR count). The smallest absolute Gasteiger partial charge is 0.240 e. The predicted molar refractivity (Wildman–Crippen MR) is 112 cm³/mol. The number of imidazole rings is 1. The Hall–Kier alpha value is -2.96. The lowest BCUT2D eigenvalue weighted by atomic mass is 10.2. The molecule has 3 aromatic carbocycles. The number of rotatable bonds is 6. The van der Waals surface area contributed by atoms with E-state index in [-0.39, 0.29) is 11.4 Å². The minimum absolute atomic E-state index is 0.274. The number of nitrogens with zero attached hydrogens (tertiary/aromatic N) is 2. The van der Waals surface area contributed by atoms with Crippen molar-refractivity contribution in [2.45, 2.75) is 18.4 Å². The molecule has 0 spiro atoms.